The largest absolute Gasteiger partial charge is 0.323 e. The Morgan fingerprint density at radius 2 is 1.71 bits per heavy atom. The van der Waals surface area contributed by atoms with Gasteiger partial charge in [-0.25, -0.2) is 0 Å². The van der Waals surface area contributed by atoms with Crippen molar-refractivity contribution in [2.24, 2.45) is 0 Å². The number of aromatic nitrogens is 3. The van der Waals surface area contributed by atoms with Gasteiger partial charge in [0.15, 0.2) is 5.16 Å². The van der Waals surface area contributed by atoms with E-state index in [-0.39, 0.29) is 24.1 Å². The number of piperidine rings is 1. The fourth-order valence-electron chi connectivity index (χ4n) is 4.44. The normalized spacial score (nSPS) is 16.2. The second-order valence-corrected chi connectivity index (χ2v) is 9.58. The van der Waals surface area contributed by atoms with Crippen molar-refractivity contribution in [3.63, 3.8) is 0 Å². The molecule has 0 atom stereocenters. The number of rotatable bonds is 7. The lowest BCUT2D eigenvalue weighted by molar-refractivity contribution is -0.120. The molecule has 8 nitrogen and oxygen atoms in total. The van der Waals surface area contributed by atoms with Gasteiger partial charge in [-0.05, 0) is 43.6 Å². The maximum atomic E-state index is 13.1. The number of thioether (sulfide) groups is 1. The van der Waals surface area contributed by atoms with Crippen LogP contribution in [-0.2, 0) is 22.7 Å². The zero-order valence-electron chi connectivity index (χ0n) is 19.0. The first-order valence-corrected chi connectivity index (χ1v) is 12.7. The summed E-state index contributed by atoms with van der Waals surface area (Å²) in [6.45, 7) is 3.59. The minimum Gasteiger partial charge on any atom is -0.323 e. The maximum absolute atomic E-state index is 13.1. The van der Waals surface area contributed by atoms with E-state index in [4.69, 9.17) is 0 Å². The average molecular weight is 477 g/mol. The first-order valence-electron chi connectivity index (χ1n) is 11.7. The molecule has 2 aliphatic rings. The molecule has 1 saturated heterocycles. The molecule has 176 valence electrons. The zero-order chi connectivity index (χ0) is 23.3. The van der Waals surface area contributed by atoms with Crippen LogP contribution in [0.3, 0.4) is 0 Å². The van der Waals surface area contributed by atoms with E-state index in [1.165, 1.54) is 31.0 Å². The minimum atomic E-state index is -0.187. The Labute approximate surface area is 203 Å². The van der Waals surface area contributed by atoms with Gasteiger partial charge in [0.25, 0.3) is 0 Å². The number of hydrogen-bond acceptors (Lipinski definition) is 6. The number of carbonyl (C=O) groups excluding carboxylic acids is 2. The molecule has 2 aromatic carbocycles. The molecule has 0 spiro atoms. The van der Waals surface area contributed by atoms with E-state index < -0.39 is 0 Å². The van der Waals surface area contributed by atoms with E-state index in [9.17, 15) is 9.59 Å². The molecule has 0 bridgehead atoms. The molecule has 34 heavy (non-hydrogen) atoms. The predicted octanol–water partition coefficient (Wildman–Crippen LogP) is 3.39. The maximum Gasteiger partial charge on any atom is 0.244 e. The van der Waals surface area contributed by atoms with E-state index in [1.807, 2.05) is 42.5 Å². The van der Waals surface area contributed by atoms with Crippen LogP contribution in [-0.4, -0.2) is 56.9 Å². The molecule has 0 saturated carbocycles. The summed E-state index contributed by atoms with van der Waals surface area (Å²) in [6.07, 6.45) is 3.72. The first kappa shape index (κ1) is 22.6. The molecule has 0 radical (unpaired) electrons. The first-order chi connectivity index (χ1) is 16.7. The number of carbonyl (C=O) groups is 2. The van der Waals surface area contributed by atoms with Crippen LogP contribution >= 0.6 is 11.8 Å². The Hall–Kier alpha value is -3.17. The smallest absolute Gasteiger partial charge is 0.244 e. The number of amides is 2. The lowest BCUT2D eigenvalue weighted by atomic mass is 10.1. The van der Waals surface area contributed by atoms with Crippen LogP contribution in [0.25, 0.3) is 0 Å². The van der Waals surface area contributed by atoms with E-state index >= 15 is 0 Å². The molecule has 3 aromatic rings. The lowest BCUT2D eigenvalue weighted by Crippen LogP contribution is -2.43. The number of hydrogen-bond donors (Lipinski definition) is 1. The summed E-state index contributed by atoms with van der Waals surface area (Å²) >= 11 is 1.37. The third kappa shape index (κ3) is 5.15. The van der Waals surface area contributed by atoms with Gasteiger partial charge in [-0.2, -0.15) is 0 Å². The summed E-state index contributed by atoms with van der Waals surface area (Å²) in [5.41, 5.74) is 2.55. The lowest BCUT2D eigenvalue weighted by Gasteiger charge is -2.29. The van der Waals surface area contributed by atoms with Gasteiger partial charge in [-0.15, -0.1) is 10.2 Å². The summed E-state index contributed by atoms with van der Waals surface area (Å²) in [4.78, 5) is 29.2. The Balaban J connectivity index is 1.33. The number of fused-ring (bicyclic) bond motifs is 1. The molecule has 9 heteroatoms. The number of anilines is 2. The topological polar surface area (TPSA) is 83.4 Å². The van der Waals surface area contributed by atoms with E-state index in [0.29, 0.717) is 12.2 Å². The third-order valence-corrected chi connectivity index (χ3v) is 7.14. The van der Waals surface area contributed by atoms with Gasteiger partial charge in [0.05, 0.1) is 30.2 Å². The summed E-state index contributed by atoms with van der Waals surface area (Å²) in [5, 5.41) is 12.5. The quantitative estimate of drug-likeness (QED) is 0.527. The van der Waals surface area contributed by atoms with Gasteiger partial charge >= 0.3 is 0 Å². The second kappa shape index (κ2) is 10.4. The van der Waals surface area contributed by atoms with Crippen LogP contribution < -0.4 is 10.2 Å². The molecule has 0 aliphatic carbocycles. The zero-order valence-corrected chi connectivity index (χ0v) is 19.8. The van der Waals surface area contributed by atoms with Crippen LogP contribution in [0.1, 0.15) is 30.7 Å². The number of nitrogens with zero attached hydrogens (tertiary/aromatic N) is 5. The molecule has 3 heterocycles. The summed E-state index contributed by atoms with van der Waals surface area (Å²) in [6, 6.07) is 17.6. The fraction of sp³-hybridized carbons (Fsp3) is 0.360. The molecular weight excluding hydrogens is 448 g/mol. The van der Waals surface area contributed by atoms with Crippen molar-refractivity contribution in [2.75, 3.05) is 35.6 Å². The fourth-order valence-corrected chi connectivity index (χ4v) is 5.28. The Morgan fingerprint density at radius 3 is 2.53 bits per heavy atom. The minimum absolute atomic E-state index is 0.0212. The number of likely N-dealkylation sites (tertiary alicyclic amines) is 1. The molecule has 1 fully saturated rings. The highest BCUT2D eigenvalue weighted by atomic mass is 32.2. The van der Waals surface area contributed by atoms with E-state index in [2.05, 4.69) is 37.1 Å². The van der Waals surface area contributed by atoms with Crippen molar-refractivity contribution in [1.29, 1.82) is 0 Å². The number of nitrogens with one attached hydrogen (secondary N) is 1. The molecule has 2 amide bonds. The summed E-state index contributed by atoms with van der Waals surface area (Å²) in [5.74, 6) is 0.786. The summed E-state index contributed by atoms with van der Waals surface area (Å²) < 4.78 is 2.12. The third-order valence-electron chi connectivity index (χ3n) is 6.19. The molecule has 5 rings (SSSR count). The molecule has 2 aliphatic heterocycles. The SMILES string of the molecule is O=C1CN(C(=O)CSc2nnc(CN3CCCCC3)n2Cc2ccccc2)c2ccccc2N1. The van der Waals surface area contributed by atoms with Crippen LogP contribution in [0.2, 0.25) is 0 Å². The van der Waals surface area contributed by atoms with E-state index in [1.54, 1.807) is 4.90 Å². The summed E-state index contributed by atoms with van der Waals surface area (Å²) in [7, 11) is 0. The highest BCUT2D eigenvalue weighted by Gasteiger charge is 2.27. The highest BCUT2D eigenvalue weighted by Crippen LogP contribution is 2.30. The van der Waals surface area contributed by atoms with Crippen molar-refractivity contribution in [3.8, 4) is 0 Å². The van der Waals surface area contributed by atoms with Crippen molar-refractivity contribution in [3.05, 3.63) is 66.0 Å². The molecular formula is C25H28N6O2S. The van der Waals surface area contributed by atoms with Crippen molar-refractivity contribution in [1.82, 2.24) is 19.7 Å². The van der Waals surface area contributed by atoms with Crippen LogP contribution in [0.15, 0.2) is 59.8 Å². The molecule has 1 aromatic heterocycles. The molecule has 0 unspecified atom stereocenters. The highest BCUT2D eigenvalue weighted by molar-refractivity contribution is 7.99. The Bertz CT molecular complexity index is 1160. The second-order valence-electron chi connectivity index (χ2n) is 8.64. The van der Waals surface area contributed by atoms with Gasteiger partial charge in [0.2, 0.25) is 11.8 Å². The monoisotopic (exact) mass is 476 g/mol. The van der Waals surface area contributed by atoms with E-state index in [0.717, 1.165) is 41.9 Å². The molecule has 1 N–H and O–H groups in total. The van der Waals surface area contributed by atoms with Crippen molar-refractivity contribution in [2.45, 2.75) is 37.5 Å². The van der Waals surface area contributed by atoms with Crippen molar-refractivity contribution >= 4 is 35.0 Å². The van der Waals surface area contributed by atoms with Crippen LogP contribution in [0, 0.1) is 0 Å². The standard InChI is InChI=1S/C25H28N6O2S/c32-23-17-30(21-12-6-5-11-20(21)26-23)24(33)18-34-25-28-27-22(16-29-13-7-2-8-14-29)31(25)15-19-9-3-1-4-10-19/h1,3-6,9-12H,2,7-8,13-18H2,(H,26,32). The van der Waals surface area contributed by atoms with Gasteiger partial charge in [-0.3, -0.25) is 14.5 Å². The average Bonchev–Trinajstić information content (AvgIpc) is 3.24. The van der Waals surface area contributed by atoms with Gasteiger partial charge < -0.3 is 14.8 Å². The Kier molecular flexibility index (Phi) is 6.92. The number of benzene rings is 2. The Morgan fingerprint density at radius 1 is 0.941 bits per heavy atom. The van der Waals surface area contributed by atoms with Gasteiger partial charge in [-0.1, -0.05) is 60.6 Å². The van der Waals surface area contributed by atoms with Gasteiger partial charge in [0.1, 0.15) is 12.4 Å². The van der Waals surface area contributed by atoms with Gasteiger partial charge in [0, 0.05) is 0 Å². The van der Waals surface area contributed by atoms with Crippen molar-refractivity contribution < 1.29 is 9.59 Å². The predicted molar refractivity (Wildman–Crippen MR) is 133 cm³/mol. The number of para-hydroxylation sites is 2. The van der Waals surface area contributed by atoms with Crippen LogP contribution in [0.5, 0.6) is 0 Å². The van der Waals surface area contributed by atoms with Crippen LogP contribution in [0.4, 0.5) is 11.4 Å².